The molecule has 2 nitrogen and oxygen atoms in total. The van der Waals surface area contributed by atoms with Crippen LogP contribution >= 0.6 is 0 Å². The number of rotatable bonds is 0. The van der Waals surface area contributed by atoms with Gasteiger partial charge in [0.05, 0.1) is 0 Å². The number of nitrogens with zero attached hydrogens (tertiary/aromatic N) is 2. The van der Waals surface area contributed by atoms with Crippen LogP contribution in [-0.4, -0.2) is 50.1 Å². The molecule has 0 radical (unpaired) electrons. The zero-order chi connectivity index (χ0) is 11.1. The van der Waals surface area contributed by atoms with E-state index in [4.69, 9.17) is 0 Å². The van der Waals surface area contributed by atoms with Crippen molar-refractivity contribution >= 4 is 0 Å². The number of piperidine rings is 2. The Balaban J connectivity index is 0.000000151. The highest BCUT2D eigenvalue weighted by Gasteiger charge is 2.11. The van der Waals surface area contributed by atoms with Crippen LogP contribution < -0.4 is 0 Å². The quantitative estimate of drug-likeness (QED) is 0.608. The molecule has 0 aromatic rings. The van der Waals surface area contributed by atoms with Crippen molar-refractivity contribution in [2.75, 3.05) is 40.3 Å². The molecule has 0 aromatic carbocycles. The summed E-state index contributed by atoms with van der Waals surface area (Å²) in [5.74, 6) is 0.939. The predicted octanol–water partition coefficient (Wildman–Crippen LogP) is 2.45. The molecule has 0 bridgehead atoms. The van der Waals surface area contributed by atoms with E-state index in [0.717, 1.165) is 5.92 Å². The van der Waals surface area contributed by atoms with Gasteiger partial charge in [0.1, 0.15) is 0 Å². The van der Waals surface area contributed by atoms with Gasteiger partial charge in [-0.25, -0.2) is 0 Å². The average Bonchev–Trinajstić information content (AvgIpc) is 2.19. The molecular weight excluding hydrogens is 184 g/mol. The van der Waals surface area contributed by atoms with E-state index >= 15 is 0 Å². The maximum absolute atomic E-state index is 2.41. The summed E-state index contributed by atoms with van der Waals surface area (Å²) < 4.78 is 0. The van der Waals surface area contributed by atoms with Gasteiger partial charge in [-0.3, -0.25) is 0 Å². The summed E-state index contributed by atoms with van der Waals surface area (Å²) in [4.78, 5) is 4.80. The Bertz CT molecular complexity index is 145. The van der Waals surface area contributed by atoms with Gasteiger partial charge >= 0.3 is 0 Å². The van der Waals surface area contributed by atoms with Crippen molar-refractivity contribution in [2.24, 2.45) is 5.92 Å². The lowest BCUT2D eigenvalue weighted by molar-refractivity contribution is 0.221. The molecule has 2 heteroatoms. The molecule has 2 heterocycles. The van der Waals surface area contributed by atoms with Gasteiger partial charge in [-0.05, 0) is 65.3 Å². The SMILES string of the molecule is CC1CCCN(C)C1.CN1CCCCC1. The van der Waals surface area contributed by atoms with Crippen molar-refractivity contribution in [1.29, 1.82) is 0 Å². The van der Waals surface area contributed by atoms with Crippen LogP contribution in [0.2, 0.25) is 0 Å². The maximum Gasteiger partial charge on any atom is 0.000398 e. The Morgan fingerprint density at radius 1 is 0.800 bits per heavy atom. The van der Waals surface area contributed by atoms with Crippen molar-refractivity contribution < 1.29 is 0 Å². The smallest absolute Gasteiger partial charge is 0.000398 e. The average molecular weight is 212 g/mol. The van der Waals surface area contributed by atoms with Gasteiger partial charge in [-0.1, -0.05) is 13.3 Å². The third kappa shape index (κ3) is 6.16. The standard InChI is InChI=1S/C7H15N.C6H13N/c1-7-4-3-5-8(2)6-7;1-7-5-3-2-4-6-7/h7H,3-6H2,1-2H3;2-6H2,1H3. The van der Waals surface area contributed by atoms with Crippen molar-refractivity contribution in [3.63, 3.8) is 0 Å². The van der Waals surface area contributed by atoms with E-state index in [2.05, 4.69) is 30.8 Å². The summed E-state index contributed by atoms with van der Waals surface area (Å²) in [7, 11) is 4.40. The first kappa shape index (κ1) is 13.0. The molecule has 15 heavy (non-hydrogen) atoms. The van der Waals surface area contributed by atoms with Crippen molar-refractivity contribution in [3.8, 4) is 0 Å². The zero-order valence-corrected chi connectivity index (χ0v) is 10.8. The minimum atomic E-state index is 0.939. The first-order chi connectivity index (χ1) is 7.18. The van der Waals surface area contributed by atoms with Crippen LogP contribution in [0.4, 0.5) is 0 Å². The predicted molar refractivity (Wildman–Crippen MR) is 67.2 cm³/mol. The molecule has 0 amide bonds. The summed E-state index contributed by atoms with van der Waals surface area (Å²) in [5.41, 5.74) is 0. The monoisotopic (exact) mass is 212 g/mol. The first-order valence-electron chi connectivity index (χ1n) is 6.55. The summed E-state index contributed by atoms with van der Waals surface area (Å²) >= 11 is 0. The van der Waals surface area contributed by atoms with E-state index in [9.17, 15) is 0 Å². The highest BCUT2D eigenvalue weighted by Crippen LogP contribution is 2.12. The Hall–Kier alpha value is -0.0800. The second-order valence-corrected chi connectivity index (χ2v) is 5.37. The largest absolute Gasteiger partial charge is 0.306 e. The van der Waals surface area contributed by atoms with Gasteiger partial charge in [-0.2, -0.15) is 0 Å². The Morgan fingerprint density at radius 3 is 1.73 bits per heavy atom. The number of likely N-dealkylation sites (tertiary alicyclic amines) is 2. The summed E-state index contributed by atoms with van der Waals surface area (Å²) in [6.45, 7) is 7.58. The molecular formula is C13H28N2. The molecule has 0 aromatic heterocycles. The summed E-state index contributed by atoms with van der Waals surface area (Å²) in [6, 6.07) is 0. The zero-order valence-electron chi connectivity index (χ0n) is 10.8. The van der Waals surface area contributed by atoms with Crippen molar-refractivity contribution in [3.05, 3.63) is 0 Å². The van der Waals surface area contributed by atoms with E-state index in [-0.39, 0.29) is 0 Å². The number of hydrogen-bond acceptors (Lipinski definition) is 2. The maximum atomic E-state index is 2.41. The van der Waals surface area contributed by atoms with Crippen LogP contribution in [-0.2, 0) is 0 Å². The highest BCUT2D eigenvalue weighted by atomic mass is 15.1. The second-order valence-electron chi connectivity index (χ2n) is 5.37. The molecule has 2 fully saturated rings. The van der Waals surface area contributed by atoms with E-state index < -0.39 is 0 Å². The Labute approximate surface area is 95.6 Å². The van der Waals surface area contributed by atoms with Gasteiger partial charge in [0, 0.05) is 6.54 Å². The van der Waals surface area contributed by atoms with Crippen LogP contribution in [0, 0.1) is 5.92 Å². The minimum absolute atomic E-state index is 0.939. The highest BCUT2D eigenvalue weighted by molar-refractivity contribution is 4.65. The molecule has 2 saturated heterocycles. The van der Waals surface area contributed by atoms with Gasteiger partial charge in [0.2, 0.25) is 0 Å². The van der Waals surface area contributed by atoms with Gasteiger partial charge in [0.15, 0.2) is 0 Å². The Kier molecular flexibility index (Phi) is 6.26. The minimum Gasteiger partial charge on any atom is -0.306 e. The molecule has 90 valence electrons. The molecule has 1 unspecified atom stereocenters. The van der Waals surface area contributed by atoms with Crippen LogP contribution in [0.5, 0.6) is 0 Å². The van der Waals surface area contributed by atoms with Crippen LogP contribution in [0.15, 0.2) is 0 Å². The van der Waals surface area contributed by atoms with Crippen LogP contribution in [0.3, 0.4) is 0 Å². The van der Waals surface area contributed by atoms with Crippen molar-refractivity contribution in [2.45, 2.75) is 39.0 Å². The lowest BCUT2D eigenvalue weighted by Crippen LogP contribution is -2.30. The first-order valence-corrected chi connectivity index (χ1v) is 6.55. The van der Waals surface area contributed by atoms with Crippen LogP contribution in [0.25, 0.3) is 0 Å². The molecule has 0 saturated carbocycles. The molecule has 2 aliphatic rings. The Morgan fingerprint density at radius 2 is 1.40 bits per heavy atom. The number of hydrogen-bond donors (Lipinski definition) is 0. The van der Waals surface area contributed by atoms with Crippen LogP contribution in [0.1, 0.15) is 39.0 Å². The lowest BCUT2D eigenvalue weighted by atomic mass is 10.0. The lowest BCUT2D eigenvalue weighted by Gasteiger charge is -2.26. The van der Waals surface area contributed by atoms with E-state index in [1.54, 1.807) is 0 Å². The molecule has 1 atom stereocenters. The van der Waals surface area contributed by atoms with Gasteiger partial charge in [0.25, 0.3) is 0 Å². The fourth-order valence-electron chi connectivity index (χ4n) is 2.48. The molecule has 0 spiro atoms. The normalized spacial score (nSPS) is 29.4. The second kappa shape index (κ2) is 7.24. The van der Waals surface area contributed by atoms with E-state index in [0.29, 0.717) is 0 Å². The van der Waals surface area contributed by atoms with Gasteiger partial charge < -0.3 is 9.80 Å². The molecule has 2 aliphatic heterocycles. The fourth-order valence-corrected chi connectivity index (χ4v) is 2.48. The van der Waals surface area contributed by atoms with Gasteiger partial charge in [-0.15, -0.1) is 0 Å². The van der Waals surface area contributed by atoms with E-state index in [1.807, 2.05) is 0 Å². The molecule has 0 aliphatic carbocycles. The fraction of sp³-hybridized carbons (Fsp3) is 1.00. The summed E-state index contributed by atoms with van der Waals surface area (Å²) in [5, 5.41) is 0. The third-order valence-corrected chi connectivity index (χ3v) is 3.44. The molecule has 2 rings (SSSR count). The van der Waals surface area contributed by atoms with Crippen molar-refractivity contribution in [1.82, 2.24) is 9.80 Å². The summed E-state index contributed by atoms with van der Waals surface area (Å²) in [6.07, 6.45) is 7.11. The molecule has 0 N–H and O–H groups in total. The topological polar surface area (TPSA) is 6.48 Å². The van der Waals surface area contributed by atoms with E-state index in [1.165, 1.54) is 58.3 Å². The third-order valence-electron chi connectivity index (χ3n) is 3.44.